The van der Waals surface area contributed by atoms with E-state index in [-0.39, 0.29) is 0 Å². The Labute approximate surface area is 113 Å². The summed E-state index contributed by atoms with van der Waals surface area (Å²) in [5.41, 5.74) is 0.759. The summed E-state index contributed by atoms with van der Waals surface area (Å²) < 4.78 is 2.68. The molecule has 0 aromatic carbocycles. The largest absolute Gasteiger partial charge is 0.359 e. The molecular formula is C11H12BrClN4. The summed E-state index contributed by atoms with van der Waals surface area (Å²) in [6, 6.07) is 1.86. The Morgan fingerprint density at radius 3 is 3.06 bits per heavy atom. The van der Waals surface area contributed by atoms with E-state index >= 15 is 0 Å². The normalized spacial score (nSPS) is 15.5. The molecule has 1 aliphatic rings. The summed E-state index contributed by atoms with van der Waals surface area (Å²) in [5.74, 6) is 1.80. The zero-order valence-corrected chi connectivity index (χ0v) is 11.7. The Morgan fingerprint density at radius 1 is 1.59 bits per heavy atom. The van der Waals surface area contributed by atoms with Gasteiger partial charge in [0.25, 0.3) is 0 Å². The monoisotopic (exact) mass is 314 g/mol. The Bertz CT molecular complexity index is 564. The van der Waals surface area contributed by atoms with Crippen molar-refractivity contribution in [3.63, 3.8) is 0 Å². The average molecular weight is 316 g/mol. The van der Waals surface area contributed by atoms with Crippen molar-refractivity contribution in [2.24, 2.45) is 5.92 Å². The van der Waals surface area contributed by atoms with E-state index < -0.39 is 0 Å². The second kappa shape index (κ2) is 4.14. The van der Waals surface area contributed by atoms with Crippen LogP contribution in [0.3, 0.4) is 0 Å². The van der Waals surface area contributed by atoms with Crippen LogP contribution in [-0.2, 0) is 0 Å². The van der Waals surface area contributed by atoms with Gasteiger partial charge in [-0.25, -0.2) is 4.98 Å². The summed E-state index contributed by atoms with van der Waals surface area (Å²) in [4.78, 5) is 6.46. The lowest BCUT2D eigenvalue weighted by Crippen LogP contribution is -2.23. The van der Waals surface area contributed by atoms with E-state index in [0.29, 0.717) is 5.15 Å². The molecule has 2 aromatic rings. The van der Waals surface area contributed by atoms with E-state index in [4.69, 9.17) is 11.6 Å². The van der Waals surface area contributed by atoms with E-state index in [1.54, 1.807) is 6.20 Å². The van der Waals surface area contributed by atoms with Crippen LogP contribution in [0.4, 0.5) is 5.82 Å². The van der Waals surface area contributed by atoms with Gasteiger partial charge in [0.1, 0.15) is 11.0 Å². The molecule has 2 aromatic heterocycles. The molecule has 0 spiro atoms. The second-order valence-electron chi connectivity index (χ2n) is 4.49. The van der Waals surface area contributed by atoms with Gasteiger partial charge in [0.05, 0.1) is 10.7 Å². The zero-order valence-electron chi connectivity index (χ0n) is 9.40. The van der Waals surface area contributed by atoms with E-state index in [0.717, 1.165) is 28.4 Å². The fourth-order valence-electron chi connectivity index (χ4n) is 1.94. The highest BCUT2D eigenvalue weighted by Crippen LogP contribution is 2.31. The van der Waals surface area contributed by atoms with Crippen molar-refractivity contribution >= 4 is 39.0 Å². The second-order valence-corrected chi connectivity index (χ2v) is 5.73. The maximum atomic E-state index is 6.05. The predicted octanol–water partition coefficient (Wildman–Crippen LogP) is 2.99. The maximum Gasteiger partial charge on any atom is 0.173 e. The number of hydrogen-bond donors (Lipinski definition) is 0. The molecule has 0 bridgehead atoms. The van der Waals surface area contributed by atoms with Gasteiger partial charge in [-0.05, 0) is 34.7 Å². The zero-order chi connectivity index (χ0) is 12.0. The third kappa shape index (κ3) is 2.13. The molecule has 1 fully saturated rings. The molecule has 6 heteroatoms. The SMILES string of the molecule is CN(CC1CC1)c1cc(Cl)nc2c(Br)cnn12. The number of fused-ring (bicyclic) bond motifs is 1. The molecular weight excluding hydrogens is 304 g/mol. The standard InChI is InChI=1S/C11H12BrClN4/c1-16(6-7-2-3-7)10-4-9(13)15-11-8(12)5-14-17(10)11/h4-5,7H,2-3,6H2,1H3. The number of hydrogen-bond acceptors (Lipinski definition) is 3. The van der Waals surface area contributed by atoms with Gasteiger partial charge in [0.2, 0.25) is 0 Å². The molecule has 4 nitrogen and oxygen atoms in total. The topological polar surface area (TPSA) is 33.4 Å². The molecule has 0 unspecified atom stereocenters. The number of anilines is 1. The Hall–Kier alpha value is -0.810. The lowest BCUT2D eigenvalue weighted by molar-refractivity contribution is 0.756. The van der Waals surface area contributed by atoms with Crippen LogP contribution in [0.5, 0.6) is 0 Å². The molecule has 0 atom stereocenters. The smallest absolute Gasteiger partial charge is 0.173 e. The van der Waals surface area contributed by atoms with Crippen LogP contribution in [-0.4, -0.2) is 28.2 Å². The van der Waals surface area contributed by atoms with Crippen molar-refractivity contribution in [1.29, 1.82) is 0 Å². The van der Waals surface area contributed by atoms with Crippen molar-refractivity contribution in [2.45, 2.75) is 12.8 Å². The van der Waals surface area contributed by atoms with Crippen molar-refractivity contribution in [2.75, 3.05) is 18.5 Å². The van der Waals surface area contributed by atoms with Gasteiger partial charge >= 0.3 is 0 Å². The van der Waals surface area contributed by atoms with Gasteiger partial charge in [-0.15, -0.1) is 0 Å². The molecule has 1 aliphatic carbocycles. The number of nitrogens with zero attached hydrogens (tertiary/aromatic N) is 4. The van der Waals surface area contributed by atoms with Gasteiger partial charge in [-0.1, -0.05) is 11.6 Å². The molecule has 90 valence electrons. The quantitative estimate of drug-likeness (QED) is 0.817. The van der Waals surface area contributed by atoms with Crippen molar-refractivity contribution < 1.29 is 0 Å². The van der Waals surface area contributed by atoms with Gasteiger partial charge in [-0.2, -0.15) is 9.61 Å². The first-order valence-electron chi connectivity index (χ1n) is 5.56. The number of aromatic nitrogens is 3. The van der Waals surface area contributed by atoms with Crippen LogP contribution in [0.2, 0.25) is 5.15 Å². The minimum absolute atomic E-state index is 0.497. The van der Waals surface area contributed by atoms with Crippen LogP contribution in [0.1, 0.15) is 12.8 Å². The Balaban J connectivity index is 2.06. The molecule has 17 heavy (non-hydrogen) atoms. The maximum absolute atomic E-state index is 6.05. The Morgan fingerprint density at radius 2 is 2.35 bits per heavy atom. The minimum Gasteiger partial charge on any atom is -0.359 e. The average Bonchev–Trinajstić information content (AvgIpc) is 3.03. The summed E-state index contributed by atoms with van der Waals surface area (Å²) in [6.45, 7) is 1.05. The molecule has 2 heterocycles. The minimum atomic E-state index is 0.497. The highest BCUT2D eigenvalue weighted by Gasteiger charge is 2.24. The first-order chi connectivity index (χ1) is 8.15. The van der Waals surface area contributed by atoms with Crippen LogP contribution in [0, 0.1) is 5.92 Å². The molecule has 0 N–H and O–H groups in total. The summed E-state index contributed by atoms with van der Waals surface area (Å²) in [7, 11) is 2.07. The number of halogens is 2. The van der Waals surface area contributed by atoms with E-state index in [1.165, 1.54) is 12.8 Å². The van der Waals surface area contributed by atoms with E-state index in [1.807, 2.05) is 10.6 Å². The molecule has 0 radical (unpaired) electrons. The molecule has 1 saturated carbocycles. The van der Waals surface area contributed by atoms with Crippen molar-refractivity contribution in [3.8, 4) is 0 Å². The summed E-state index contributed by atoms with van der Waals surface area (Å²) in [5, 5.41) is 4.81. The molecule has 0 saturated heterocycles. The lowest BCUT2D eigenvalue weighted by Gasteiger charge is -2.19. The van der Waals surface area contributed by atoms with Crippen LogP contribution >= 0.6 is 27.5 Å². The highest BCUT2D eigenvalue weighted by atomic mass is 79.9. The molecule has 3 rings (SSSR count). The number of rotatable bonds is 3. The third-order valence-electron chi connectivity index (χ3n) is 3.00. The van der Waals surface area contributed by atoms with Crippen LogP contribution in [0.15, 0.2) is 16.7 Å². The van der Waals surface area contributed by atoms with Gasteiger partial charge < -0.3 is 4.90 Å². The molecule has 0 aliphatic heterocycles. The fraction of sp³-hybridized carbons (Fsp3) is 0.455. The van der Waals surface area contributed by atoms with E-state index in [9.17, 15) is 0 Å². The van der Waals surface area contributed by atoms with Crippen LogP contribution in [0.25, 0.3) is 5.65 Å². The van der Waals surface area contributed by atoms with Gasteiger partial charge in [0.15, 0.2) is 5.65 Å². The molecule has 0 amide bonds. The van der Waals surface area contributed by atoms with Crippen molar-refractivity contribution in [1.82, 2.24) is 14.6 Å². The first-order valence-corrected chi connectivity index (χ1v) is 6.73. The highest BCUT2D eigenvalue weighted by molar-refractivity contribution is 9.10. The first kappa shape index (κ1) is 11.3. The fourth-order valence-corrected chi connectivity index (χ4v) is 2.47. The summed E-state index contributed by atoms with van der Waals surface area (Å²) >= 11 is 9.47. The van der Waals surface area contributed by atoms with Crippen LogP contribution < -0.4 is 4.90 Å². The Kier molecular flexibility index (Phi) is 2.75. The third-order valence-corrected chi connectivity index (χ3v) is 3.75. The van der Waals surface area contributed by atoms with Gasteiger partial charge in [-0.3, -0.25) is 0 Å². The lowest BCUT2D eigenvalue weighted by atomic mass is 10.4. The van der Waals surface area contributed by atoms with Gasteiger partial charge in [0, 0.05) is 19.7 Å². The predicted molar refractivity (Wildman–Crippen MR) is 71.7 cm³/mol. The van der Waals surface area contributed by atoms with Crippen molar-refractivity contribution in [3.05, 3.63) is 21.9 Å². The summed E-state index contributed by atoms with van der Waals surface area (Å²) in [6.07, 6.45) is 4.40. The van der Waals surface area contributed by atoms with E-state index in [2.05, 4.69) is 38.0 Å².